The third kappa shape index (κ3) is 4.78. The van der Waals surface area contributed by atoms with Crippen LogP contribution in [0.1, 0.15) is 37.5 Å². The van der Waals surface area contributed by atoms with Crippen molar-refractivity contribution in [3.05, 3.63) is 29.3 Å². The first-order chi connectivity index (χ1) is 9.49. The minimum Gasteiger partial charge on any atom is -0.493 e. The first-order valence-corrected chi connectivity index (χ1v) is 7.33. The van der Waals surface area contributed by atoms with E-state index in [0.29, 0.717) is 6.61 Å². The summed E-state index contributed by atoms with van der Waals surface area (Å²) in [5.74, 6) is 0.734. The molecule has 0 aromatic heterocycles. The number of nitrogens with two attached hydrogens (primary N) is 1. The molecule has 0 aliphatic carbocycles. The van der Waals surface area contributed by atoms with Crippen molar-refractivity contribution in [3.63, 3.8) is 0 Å². The smallest absolute Gasteiger partial charge is 0.125 e. The zero-order chi connectivity index (χ0) is 15.1. The van der Waals surface area contributed by atoms with Gasteiger partial charge in [0, 0.05) is 11.6 Å². The maximum absolute atomic E-state index is 10.5. The molecule has 0 aliphatic heterocycles. The number of aliphatic hydroxyl groups excluding tert-OH is 1. The zero-order valence-electron chi connectivity index (χ0n) is 13.1. The predicted octanol–water partition coefficient (Wildman–Crippen LogP) is 1.96. The van der Waals surface area contributed by atoms with E-state index in [1.165, 1.54) is 5.56 Å². The monoisotopic (exact) mass is 280 g/mol. The van der Waals surface area contributed by atoms with Gasteiger partial charge in [0.1, 0.15) is 5.75 Å². The molecule has 0 heterocycles. The predicted molar refractivity (Wildman–Crippen MR) is 83.1 cm³/mol. The molecule has 1 rings (SSSR count). The molecule has 0 spiro atoms. The van der Waals surface area contributed by atoms with Crippen LogP contribution in [0.4, 0.5) is 0 Å². The van der Waals surface area contributed by atoms with Crippen LogP contribution in [-0.2, 0) is 6.42 Å². The molecule has 0 aliphatic rings. The molecule has 0 bridgehead atoms. The maximum Gasteiger partial charge on any atom is 0.125 e. The molecule has 0 fully saturated rings. The van der Waals surface area contributed by atoms with Gasteiger partial charge in [0.25, 0.3) is 0 Å². The minimum atomic E-state index is -0.692. The van der Waals surface area contributed by atoms with Gasteiger partial charge in [-0.3, -0.25) is 0 Å². The summed E-state index contributed by atoms with van der Waals surface area (Å²) in [6.07, 6.45) is 0.984. The van der Waals surface area contributed by atoms with Gasteiger partial charge in [-0.25, -0.2) is 0 Å². The summed E-state index contributed by atoms with van der Waals surface area (Å²) in [4.78, 5) is 2.07. The summed E-state index contributed by atoms with van der Waals surface area (Å²) >= 11 is 0. The van der Waals surface area contributed by atoms with Crippen LogP contribution in [0, 0.1) is 0 Å². The maximum atomic E-state index is 10.5. The van der Waals surface area contributed by atoms with Crippen LogP contribution in [0.3, 0.4) is 0 Å². The van der Waals surface area contributed by atoms with Crippen molar-refractivity contribution in [2.45, 2.75) is 38.8 Å². The fourth-order valence-corrected chi connectivity index (χ4v) is 2.13. The fourth-order valence-electron chi connectivity index (χ4n) is 2.13. The third-order valence-electron chi connectivity index (χ3n) is 3.42. The highest BCUT2D eigenvalue weighted by atomic mass is 16.5. The molecule has 2 unspecified atom stereocenters. The lowest BCUT2D eigenvalue weighted by Gasteiger charge is -2.23. The molecule has 4 nitrogen and oxygen atoms in total. The quantitative estimate of drug-likeness (QED) is 0.764. The Kier molecular flexibility index (Phi) is 6.99. The number of nitrogens with zero attached hydrogens (tertiary/aromatic N) is 1. The molecule has 4 heteroatoms. The van der Waals surface area contributed by atoms with E-state index >= 15 is 0 Å². The van der Waals surface area contributed by atoms with E-state index in [-0.39, 0.29) is 6.04 Å². The first-order valence-electron chi connectivity index (χ1n) is 7.33. The molecule has 1 aromatic carbocycles. The van der Waals surface area contributed by atoms with Crippen molar-refractivity contribution in [2.24, 2.45) is 5.73 Å². The minimum absolute atomic E-state index is 0.288. The molecule has 0 saturated carbocycles. The molecule has 114 valence electrons. The number of rotatable bonds is 8. The highest BCUT2D eigenvalue weighted by Gasteiger charge is 2.21. The molecule has 0 amide bonds. The molecule has 3 N–H and O–H groups in total. The van der Waals surface area contributed by atoms with Gasteiger partial charge in [0.05, 0.1) is 12.7 Å². The summed E-state index contributed by atoms with van der Waals surface area (Å²) < 4.78 is 5.61. The summed E-state index contributed by atoms with van der Waals surface area (Å²) in [7, 11) is 4.00. The van der Waals surface area contributed by atoms with Gasteiger partial charge in [-0.05, 0) is 58.1 Å². The Balaban J connectivity index is 2.90. The van der Waals surface area contributed by atoms with Gasteiger partial charge < -0.3 is 20.5 Å². The number of hydrogen-bond donors (Lipinski definition) is 2. The first kappa shape index (κ1) is 17.0. The van der Waals surface area contributed by atoms with Crippen LogP contribution in [-0.4, -0.2) is 43.3 Å². The average molecular weight is 280 g/mol. The Morgan fingerprint density at radius 2 is 2.00 bits per heavy atom. The van der Waals surface area contributed by atoms with Crippen LogP contribution >= 0.6 is 0 Å². The van der Waals surface area contributed by atoms with Crippen LogP contribution in [0.25, 0.3) is 0 Å². The van der Waals surface area contributed by atoms with E-state index in [9.17, 15) is 5.11 Å². The highest BCUT2D eigenvalue weighted by Crippen LogP contribution is 2.29. The van der Waals surface area contributed by atoms with Crippen molar-refractivity contribution in [1.29, 1.82) is 0 Å². The van der Waals surface area contributed by atoms with Gasteiger partial charge in [-0.2, -0.15) is 0 Å². The van der Waals surface area contributed by atoms with Crippen molar-refractivity contribution in [3.8, 4) is 5.75 Å². The Bertz CT molecular complexity index is 407. The number of hydrogen-bond acceptors (Lipinski definition) is 4. The van der Waals surface area contributed by atoms with Gasteiger partial charge in [-0.15, -0.1) is 0 Å². The van der Waals surface area contributed by atoms with E-state index in [1.807, 2.05) is 39.2 Å². The number of benzene rings is 1. The number of aryl methyl sites for hydroxylation is 1. The second kappa shape index (κ2) is 8.25. The Morgan fingerprint density at radius 1 is 1.30 bits per heavy atom. The third-order valence-corrected chi connectivity index (χ3v) is 3.42. The van der Waals surface area contributed by atoms with Crippen LogP contribution in [0.15, 0.2) is 18.2 Å². The zero-order valence-corrected chi connectivity index (χ0v) is 13.1. The van der Waals surface area contributed by atoms with Gasteiger partial charge in [0.15, 0.2) is 0 Å². The van der Waals surface area contributed by atoms with E-state index in [4.69, 9.17) is 10.5 Å². The van der Waals surface area contributed by atoms with Gasteiger partial charge in [0.2, 0.25) is 0 Å². The molecule has 20 heavy (non-hydrogen) atoms. The average Bonchev–Trinajstić information content (AvgIpc) is 2.44. The Labute approximate surface area is 122 Å². The molecular weight excluding hydrogens is 252 g/mol. The topological polar surface area (TPSA) is 58.7 Å². The van der Waals surface area contributed by atoms with E-state index in [0.717, 1.165) is 30.7 Å². The number of aliphatic hydroxyl groups is 1. The summed E-state index contributed by atoms with van der Waals surface area (Å²) in [6, 6.07) is 5.68. The summed E-state index contributed by atoms with van der Waals surface area (Å²) in [5, 5.41) is 10.5. The largest absolute Gasteiger partial charge is 0.493 e. The molecule has 0 radical (unpaired) electrons. The van der Waals surface area contributed by atoms with Crippen molar-refractivity contribution >= 4 is 0 Å². The SMILES string of the molecule is CCOc1ccc(CC)cc1C(O)C(N)CCN(C)C. The highest BCUT2D eigenvalue weighted by molar-refractivity contribution is 5.39. The molecule has 1 aromatic rings. The standard InChI is InChI=1S/C16H28N2O2/c1-5-12-7-8-15(20-6-2)13(11-12)16(19)14(17)9-10-18(3)4/h7-8,11,14,16,19H,5-6,9-10,17H2,1-4H3. The van der Waals surface area contributed by atoms with Crippen LogP contribution < -0.4 is 10.5 Å². The van der Waals surface area contributed by atoms with Crippen molar-refractivity contribution in [2.75, 3.05) is 27.2 Å². The molecule has 0 saturated heterocycles. The Hall–Kier alpha value is -1.10. The van der Waals surface area contributed by atoms with E-state index in [1.54, 1.807) is 0 Å². The summed E-state index contributed by atoms with van der Waals surface area (Å²) in [5.41, 5.74) is 8.11. The molecular formula is C16H28N2O2. The summed E-state index contributed by atoms with van der Waals surface area (Å²) in [6.45, 7) is 5.47. The van der Waals surface area contributed by atoms with Gasteiger partial charge in [-0.1, -0.05) is 13.0 Å². The lowest BCUT2D eigenvalue weighted by Crippen LogP contribution is -2.32. The second-order valence-electron chi connectivity index (χ2n) is 5.36. The van der Waals surface area contributed by atoms with Crippen LogP contribution in [0.5, 0.6) is 5.75 Å². The lowest BCUT2D eigenvalue weighted by atomic mass is 9.97. The second-order valence-corrected chi connectivity index (χ2v) is 5.36. The molecule has 2 atom stereocenters. The number of ether oxygens (including phenoxy) is 1. The van der Waals surface area contributed by atoms with E-state index in [2.05, 4.69) is 11.8 Å². The van der Waals surface area contributed by atoms with E-state index < -0.39 is 6.10 Å². The fraction of sp³-hybridized carbons (Fsp3) is 0.625. The lowest BCUT2D eigenvalue weighted by molar-refractivity contribution is 0.133. The Morgan fingerprint density at radius 3 is 2.55 bits per heavy atom. The van der Waals surface area contributed by atoms with Crippen molar-refractivity contribution < 1.29 is 9.84 Å². The van der Waals surface area contributed by atoms with Crippen LogP contribution in [0.2, 0.25) is 0 Å². The van der Waals surface area contributed by atoms with Gasteiger partial charge >= 0.3 is 0 Å². The van der Waals surface area contributed by atoms with Crippen molar-refractivity contribution in [1.82, 2.24) is 4.90 Å². The normalized spacial score (nSPS) is 14.3.